The van der Waals surface area contributed by atoms with E-state index in [0.29, 0.717) is 31.8 Å². The van der Waals surface area contributed by atoms with Crippen molar-refractivity contribution in [2.75, 3.05) is 37.7 Å². The number of amides is 1. The third-order valence-corrected chi connectivity index (χ3v) is 6.60. The van der Waals surface area contributed by atoms with Gasteiger partial charge in [-0.15, -0.1) is 0 Å². The second kappa shape index (κ2) is 6.74. The molecule has 28 heavy (non-hydrogen) atoms. The van der Waals surface area contributed by atoms with Crippen LogP contribution in [-0.4, -0.2) is 70.0 Å². The highest BCUT2D eigenvalue weighted by atomic mass is 16.5. The van der Waals surface area contributed by atoms with Gasteiger partial charge in [0.15, 0.2) is 0 Å². The molecule has 1 aliphatic carbocycles. The van der Waals surface area contributed by atoms with Gasteiger partial charge in [0, 0.05) is 32.2 Å². The van der Waals surface area contributed by atoms with Crippen LogP contribution in [0.2, 0.25) is 0 Å². The number of carbonyl (C=O) groups excluding carboxylic acids is 1. The lowest BCUT2D eigenvalue weighted by Gasteiger charge is -2.40. The lowest BCUT2D eigenvalue weighted by molar-refractivity contribution is -0.0948. The van der Waals surface area contributed by atoms with Gasteiger partial charge in [-0.1, -0.05) is 12.8 Å². The van der Waals surface area contributed by atoms with Crippen molar-refractivity contribution in [3.63, 3.8) is 0 Å². The number of aliphatic hydroxyl groups excluding tert-OH is 1. The zero-order chi connectivity index (χ0) is 19.3. The molecular formula is C21H28N4O3. The van der Waals surface area contributed by atoms with Crippen LogP contribution in [0.5, 0.6) is 0 Å². The summed E-state index contributed by atoms with van der Waals surface area (Å²) in [6.45, 7) is 3.39. The molecule has 0 bridgehead atoms. The smallest absolute Gasteiger partial charge is 0.254 e. The molecule has 1 amide bonds. The molecule has 3 aliphatic rings. The average Bonchev–Trinajstić information content (AvgIpc) is 3.41. The number of aromatic nitrogens is 2. The Morgan fingerprint density at radius 2 is 2.11 bits per heavy atom. The Morgan fingerprint density at radius 1 is 1.29 bits per heavy atom. The fourth-order valence-corrected chi connectivity index (χ4v) is 5.05. The minimum atomic E-state index is -0.291. The van der Waals surface area contributed by atoms with E-state index in [1.165, 1.54) is 12.8 Å². The Hall–Kier alpha value is -2.12. The molecule has 1 aromatic carbocycles. The van der Waals surface area contributed by atoms with E-state index >= 15 is 0 Å². The number of hydrogen-bond acceptors (Lipinski definition) is 5. The van der Waals surface area contributed by atoms with E-state index in [2.05, 4.69) is 4.90 Å². The molecule has 1 spiro atoms. The van der Waals surface area contributed by atoms with Gasteiger partial charge in [-0.2, -0.15) is 0 Å². The van der Waals surface area contributed by atoms with E-state index in [4.69, 9.17) is 9.72 Å². The van der Waals surface area contributed by atoms with Crippen LogP contribution in [0.15, 0.2) is 18.2 Å². The molecule has 2 aliphatic heterocycles. The maximum absolute atomic E-state index is 13.2. The number of aryl methyl sites for hydroxylation is 1. The van der Waals surface area contributed by atoms with Gasteiger partial charge >= 0.3 is 0 Å². The maximum atomic E-state index is 13.2. The van der Waals surface area contributed by atoms with Crippen LogP contribution in [0, 0.1) is 0 Å². The normalized spacial score (nSPS) is 24.6. The monoisotopic (exact) mass is 384 g/mol. The van der Waals surface area contributed by atoms with Crippen molar-refractivity contribution in [2.45, 2.75) is 43.8 Å². The minimum Gasteiger partial charge on any atom is -0.391 e. The number of ether oxygens (including phenoxy) is 1. The van der Waals surface area contributed by atoms with E-state index in [9.17, 15) is 9.90 Å². The first-order valence-corrected chi connectivity index (χ1v) is 10.4. The van der Waals surface area contributed by atoms with Crippen LogP contribution in [0.3, 0.4) is 0 Å². The van der Waals surface area contributed by atoms with Crippen molar-refractivity contribution in [1.82, 2.24) is 14.5 Å². The molecule has 1 atom stereocenters. The van der Waals surface area contributed by atoms with E-state index in [1.807, 2.05) is 34.7 Å². The summed E-state index contributed by atoms with van der Waals surface area (Å²) in [4.78, 5) is 22.0. The highest BCUT2D eigenvalue weighted by Gasteiger charge is 2.40. The first-order chi connectivity index (χ1) is 13.5. The maximum Gasteiger partial charge on any atom is 0.254 e. The Balaban J connectivity index is 1.40. The summed E-state index contributed by atoms with van der Waals surface area (Å²) in [5.41, 5.74) is 2.40. The molecular weight excluding hydrogens is 356 g/mol. The first kappa shape index (κ1) is 17.9. The van der Waals surface area contributed by atoms with Crippen molar-refractivity contribution < 1.29 is 14.6 Å². The molecule has 150 valence electrons. The molecule has 1 saturated carbocycles. The second-order valence-corrected chi connectivity index (χ2v) is 8.53. The number of carbonyl (C=O) groups is 1. The zero-order valence-corrected chi connectivity index (χ0v) is 16.4. The fraction of sp³-hybridized carbons (Fsp3) is 0.619. The van der Waals surface area contributed by atoms with Crippen molar-refractivity contribution in [3.05, 3.63) is 23.8 Å². The highest BCUT2D eigenvalue weighted by Crippen LogP contribution is 2.36. The molecule has 1 aromatic heterocycles. The number of hydrogen-bond donors (Lipinski definition) is 1. The predicted octanol–water partition coefficient (Wildman–Crippen LogP) is 1.93. The first-order valence-electron chi connectivity index (χ1n) is 10.4. The summed E-state index contributed by atoms with van der Waals surface area (Å²) in [5.74, 6) is 0.924. The molecule has 0 radical (unpaired) electrons. The number of β-amino-alcohol motifs (C(OH)–C–C–N with tert-alkyl or cyclic N) is 1. The van der Waals surface area contributed by atoms with E-state index in [0.717, 1.165) is 42.8 Å². The zero-order valence-electron chi connectivity index (χ0n) is 16.4. The van der Waals surface area contributed by atoms with E-state index in [-0.39, 0.29) is 17.6 Å². The number of fused-ring (bicyclic) bond motifs is 1. The Bertz CT molecular complexity index is 902. The average molecular weight is 384 g/mol. The molecule has 7 nitrogen and oxygen atoms in total. The molecule has 3 fully saturated rings. The number of anilines is 1. The molecule has 1 N–H and O–H groups in total. The van der Waals surface area contributed by atoms with Crippen molar-refractivity contribution in [2.24, 2.45) is 7.05 Å². The van der Waals surface area contributed by atoms with Crippen molar-refractivity contribution in [1.29, 1.82) is 0 Å². The largest absolute Gasteiger partial charge is 0.391 e. The number of aliphatic hydroxyl groups is 1. The summed E-state index contributed by atoms with van der Waals surface area (Å²) >= 11 is 0. The number of nitrogens with zero attached hydrogens (tertiary/aromatic N) is 4. The van der Waals surface area contributed by atoms with Gasteiger partial charge in [-0.3, -0.25) is 4.79 Å². The molecule has 7 heteroatoms. The molecule has 3 heterocycles. The summed E-state index contributed by atoms with van der Waals surface area (Å²) in [6, 6.07) is 5.80. The van der Waals surface area contributed by atoms with Crippen LogP contribution in [0.1, 0.15) is 42.5 Å². The van der Waals surface area contributed by atoms with E-state index in [1.54, 1.807) is 0 Å². The minimum absolute atomic E-state index is 0.0697. The number of benzene rings is 1. The van der Waals surface area contributed by atoms with Gasteiger partial charge in [-0.05, 0) is 37.5 Å². The van der Waals surface area contributed by atoms with Crippen molar-refractivity contribution >= 4 is 22.9 Å². The van der Waals surface area contributed by atoms with Crippen LogP contribution in [-0.2, 0) is 11.8 Å². The van der Waals surface area contributed by atoms with Crippen LogP contribution >= 0.6 is 0 Å². The van der Waals surface area contributed by atoms with Gasteiger partial charge < -0.3 is 24.2 Å². The van der Waals surface area contributed by atoms with Gasteiger partial charge in [-0.25, -0.2) is 4.98 Å². The summed E-state index contributed by atoms with van der Waals surface area (Å²) in [7, 11) is 1.99. The Kier molecular flexibility index (Phi) is 4.32. The number of morpholine rings is 1. The van der Waals surface area contributed by atoms with Gasteiger partial charge in [0.2, 0.25) is 5.95 Å². The topological polar surface area (TPSA) is 70.8 Å². The summed E-state index contributed by atoms with van der Waals surface area (Å²) in [6.07, 6.45) is 4.97. The quantitative estimate of drug-likeness (QED) is 0.857. The number of rotatable bonds is 2. The predicted molar refractivity (Wildman–Crippen MR) is 107 cm³/mol. The number of imidazole rings is 1. The molecule has 5 rings (SSSR count). The van der Waals surface area contributed by atoms with Crippen molar-refractivity contribution in [3.8, 4) is 0 Å². The Labute approximate surface area is 164 Å². The highest BCUT2D eigenvalue weighted by molar-refractivity contribution is 5.98. The molecule has 2 aromatic rings. The van der Waals surface area contributed by atoms with Gasteiger partial charge in [0.05, 0.1) is 35.9 Å². The van der Waals surface area contributed by atoms with Crippen LogP contribution in [0.25, 0.3) is 11.0 Å². The van der Waals surface area contributed by atoms with Crippen LogP contribution in [0.4, 0.5) is 5.95 Å². The van der Waals surface area contributed by atoms with Crippen LogP contribution < -0.4 is 4.90 Å². The summed E-state index contributed by atoms with van der Waals surface area (Å²) < 4.78 is 8.11. The Morgan fingerprint density at radius 3 is 2.86 bits per heavy atom. The second-order valence-electron chi connectivity index (χ2n) is 8.53. The molecule has 2 saturated heterocycles. The fourth-order valence-electron chi connectivity index (χ4n) is 5.05. The molecule has 1 unspecified atom stereocenters. The SMILES string of the molecule is Cn1c(N2CCC(O)C2)nc2cc(C(=O)N3CCOC4(CCCC4)C3)ccc21. The third kappa shape index (κ3) is 2.97. The third-order valence-electron chi connectivity index (χ3n) is 6.60. The van der Waals surface area contributed by atoms with E-state index < -0.39 is 0 Å². The van der Waals surface area contributed by atoms with Gasteiger partial charge in [0.1, 0.15) is 0 Å². The van der Waals surface area contributed by atoms with Gasteiger partial charge in [0.25, 0.3) is 5.91 Å². The lowest BCUT2D eigenvalue weighted by atomic mass is 9.99. The summed E-state index contributed by atoms with van der Waals surface area (Å²) in [5, 5.41) is 9.84. The standard InChI is InChI=1S/C21H28N4O3/c1-23-18-5-4-15(12-17(18)22-20(23)24-9-6-16(26)13-24)19(27)25-10-11-28-21(14-25)7-2-3-8-21/h4-5,12,16,26H,2-3,6-11,13-14H2,1H3. The lowest BCUT2D eigenvalue weighted by Crippen LogP contribution is -2.52.